The highest BCUT2D eigenvalue weighted by Gasteiger charge is 2.33. The van der Waals surface area contributed by atoms with Gasteiger partial charge in [-0.05, 0) is 59.9 Å². The first kappa shape index (κ1) is 31.3. The summed E-state index contributed by atoms with van der Waals surface area (Å²) in [5, 5.41) is 2.93. The molecular weight excluding hydrogens is 597 g/mol. The number of carbonyl (C=O) groups is 2. The second-order valence-corrected chi connectivity index (χ2v) is 13.0. The quantitative estimate of drug-likeness (QED) is 0.302. The van der Waals surface area contributed by atoms with Gasteiger partial charge in [0.05, 0.1) is 11.9 Å². The molecule has 3 rings (SSSR count). The van der Waals surface area contributed by atoms with Gasteiger partial charge in [0.1, 0.15) is 18.4 Å². The van der Waals surface area contributed by atoms with Gasteiger partial charge in [-0.25, -0.2) is 12.8 Å². The van der Waals surface area contributed by atoms with Crippen molar-refractivity contribution in [2.24, 2.45) is 5.92 Å². The number of sulfonamides is 1. The van der Waals surface area contributed by atoms with Crippen molar-refractivity contribution in [3.8, 4) is 0 Å². The molecule has 3 aromatic rings. The smallest absolute Gasteiger partial charge is 0.244 e. The predicted octanol–water partition coefficient (Wildman–Crippen LogP) is 5.07. The summed E-state index contributed by atoms with van der Waals surface area (Å²) in [5.41, 5.74) is 2.58. The molecule has 0 bridgehead atoms. The third-order valence-electron chi connectivity index (χ3n) is 6.33. The second kappa shape index (κ2) is 13.9. The SMILES string of the molecule is Cc1cc(N(CC(=O)N(Cc2ccc(F)cc2)[C@@H](Cc2ccccc2)C(=O)NCC(C)C)S(C)(=O)=O)ccc1Br. The van der Waals surface area contributed by atoms with Gasteiger partial charge in [-0.2, -0.15) is 0 Å². The van der Waals surface area contributed by atoms with E-state index in [1.165, 1.54) is 17.0 Å². The summed E-state index contributed by atoms with van der Waals surface area (Å²) in [6.07, 6.45) is 1.26. The maximum Gasteiger partial charge on any atom is 0.244 e. The van der Waals surface area contributed by atoms with Crippen LogP contribution in [0.3, 0.4) is 0 Å². The van der Waals surface area contributed by atoms with Crippen LogP contribution in [0.2, 0.25) is 0 Å². The van der Waals surface area contributed by atoms with Crippen molar-refractivity contribution >= 4 is 43.5 Å². The Hall–Kier alpha value is -3.24. The van der Waals surface area contributed by atoms with E-state index < -0.39 is 34.3 Å². The number of hydrogen-bond donors (Lipinski definition) is 1. The van der Waals surface area contributed by atoms with Crippen molar-refractivity contribution < 1.29 is 22.4 Å². The fraction of sp³-hybridized carbons (Fsp3) is 0.333. The van der Waals surface area contributed by atoms with Crippen molar-refractivity contribution in [3.05, 3.63) is 99.8 Å². The zero-order valence-corrected chi connectivity index (χ0v) is 25.5. The van der Waals surface area contributed by atoms with Crippen LogP contribution >= 0.6 is 15.9 Å². The lowest BCUT2D eigenvalue weighted by Crippen LogP contribution is -2.53. The minimum Gasteiger partial charge on any atom is -0.354 e. The average Bonchev–Trinajstić information content (AvgIpc) is 2.90. The topological polar surface area (TPSA) is 86.8 Å². The van der Waals surface area contributed by atoms with Gasteiger partial charge in [0, 0.05) is 24.0 Å². The Balaban J connectivity index is 2.05. The van der Waals surface area contributed by atoms with E-state index in [-0.39, 0.29) is 24.8 Å². The first-order valence-corrected chi connectivity index (χ1v) is 15.6. The number of anilines is 1. The predicted molar refractivity (Wildman–Crippen MR) is 160 cm³/mol. The lowest BCUT2D eigenvalue weighted by atomic mass is 10.0. The maximum absolute atomic E-state index is 14.0. The standard InChI is InChI=1S/C30H35BrFN3O4S/c1-21(2)18-33-30(37)28(17-23-8-6-5-7-9-23)34(19-24-10-12-25(32)13-11-24)29(36)20-35(40(4,38)39)26-14-15-27(31)22(3)16-26/h5-16,21,28H,17-20H2,1-4H3,(H,33,37)/t28-/m0/s1. The van der Waals surface area contributed by atoms with Crippen molar-refractivity contribution in [3.63, 3.8) is 0 Å². The number of halogens is 2. The molecule has 0 saturated heterocycles. The van der Waals surface area contributed by atoms with Gasteiger partial charge < -0.3 is 10.2 Å². The number of hydrogen-bond acceptors (Lipinski definition) is 4. The second-order valence-electron chi connectivity index (χ2n) is 10.2. The third-order valence-corrected chi connectivity index (χ3v) is 8.36. The molecule has 0 unspecified atom stereocenters. The van der Waals surface area contributed by atoms with Crippen molar-refractivity contribution in [2.45, 2.75) is 39.8 Å². The van der Waals surface area contributed by atoms with Gasteiger partial charge >= 0.3 is 0 Å². The Morgan fingerprint density at radius 1 is 0.975 bits per heavy atom. The zero-order chi connectivity index (χ0) is 29.4. The largest absolute Gasteiger partial charge is 0.354 e. The van der Waals surface area contributed by atoms with E-state index in [4.69, 9.17) is 0 Å². The molecule has 0 aliphatic carbocycles. The summed E-state index contributed by atoms with van der Waals surface area (Å²) < 4.78 is 41.3. The fourth-order valence-corrected chi connectivity index (χ4v) is 5.25. The molecule has 7 nitrogen and oxygen atoms in total. The number of aryl methyl sites for hydroxylation is 1. The third kappa shape index (κ3) is 8.89. The average molecular weight is 633 g/mol. The normalized spacial score (nSPS) is 12.2. The highest BCUT2D eigenvalue weighted by atomic mass is 79.9. The molecule has 0 spiro atoms. The number of nitrogens with zero attached hydrogens (tertiary/aromatic N) is 2. The molecule has 0 saturated carbocycles. The summed E-state index contributed by atoms with van der Waals surface area (Å²) in [7, 11) is -3.86. The summed E-state index contributed by atoms with van der Waals surface area (Å²) >= 11 is 3.42. The van der Waals surface area contributed by atoms with Gasteiger partial charge in [0.15, 0.2) is 0 Å². The molecule has 3 aromatic carbocycles. The van der Waals surface area contributed by atoms with Crippen molar-refractivity contribution in [1.29, 1.82) is 0 Å². The Morgan fingerprint density at radius 3 is 2.20 bits per heavy atom. The molecule has 40 heavy (non-hydrogen) atoms. The lowest BCUT2D eigenvalue weighted by Gasteiger charge is -2.33. The van der Waals surface area contributed by atoms with Crippen molar-refractivity contribution in [1.82, 2.24) is 10.2 Å². The minimum absolute atomic E-state index is 0.0112. The Bertz CT molecular complexity index is 1420. The van der Waals surface area contributed by atoms with Crippen LogP contribution in [0, 0.1) is 18.7 Å². The molecule has 0 radical (unpaired) electrons. The molecule has 214 valence electrons. The van der Waals surface area contributed by atoms with Crippen LogP contribution in [0.4, 0.5) is 10.1 Å². The van der Waals surface area contributed by atoms with Crippen molar-refractivity contribution in [2.75, 3.05) is 23.7 Å². The highest BCUT2D eigenvalue weighted by Crippen LogP contribution is 2.25. The van der Waals surface area contributed by atoms with E-state index in [2.05, 4.69) is 21.2 Å². The van der Waals surface area contributed by atoms with Gasteiger partial charge in [0.25, 0.3) is 0 Å². The van der Waals surface area contributed by atoms with Gasteiger partial charge in [-0.3, -0.25) is 13.9 Å². The summed E-state index contributed by atoms with van der Waals surface area (Å²) in [6.45, 7) is 5.66. The van der Waals surface area contributed by atoms with E-state index in [0.717, 1.165) is 26.2 Å². The fourth-order valence-electron chi connectivity index (χ4n) is 4.16. The summed E-state index contributed by atoms with van der Waals surface area (Å²) in [5.74, 6) is -1.15. The van der Waals surface area contributed by atoms with E-state index in [1.807, 2.05) is 51.1 Å². The van der Waals surface area contributed by atoms with Crippen LogP contribution in [-0.4, -0.2) is 50.5 Å². The molecule has 10 heteroatoms. The van der Waals surface area contributed by atoms with Crippen LogP contribution in [0.1, 0.15) is 30.5 Å². The minimum atomic E-state index is -3.86. The van der Waals surface area contributed by atoms with Crippen LogP contribution in [-0.2, 0) is 32.6 Å². The number of carbonyl (C=O) groups excluding carboxylic acids is 2. The Morgan fingerprint density at radius 2 is 1.62 bits per heavy atom. The molecule has 1 N–H and O–H groups in total. The first-order valence-electron chi connectivity index (χ1n) is 12.9. The molecule has 0 aliphatic heterocycles. The molecule has 1 atom stereocenters. The van der Waals surface area contributed by atoms with Crippen LogP contribution in [0.25, 0.3) is 0 Å². The number of amides is 2. The monoisotopic (exact) mass is 631 g/mol. The van der Waals surface area contributed by atoms with Gasteiger partial charge in [0.2, 0.25) is 21.8 Å². The van der Waals surface area contributed by atoms with Crippen LogP contribution in [0.5, 0.6) is 0 Å². The molecular formula is C30H35BrFN3O4S. The van der Waals surface area contributed by atoms with Gasteiger partial charge in [-0.15, -0.1) is 0 Å². The van der Waals surface area contributed by atoms with Crippen LogP contribution < -0.4 is 9.62 Å². The molecule has 0 aliphatic rings. The highest BCUT2D eigenvalue weighted by molar-refractivity contribution is 9.10. The van der Waals surface area contributed by atoms with E-state index in [9.17, 15) is 22.4 Å². The summed E-state index contributed by atoms with van der Waals surface area (Å²) in [6, 6.07) is 19.1. The van der Waals surface area contributed by atoms with E-state index in [0.29, 0.717) is 17.8 Å². The Kier molecular flexibility index (Phi) is 10.9. The Labute approximate surface area is 244 Å². The maximum atomic E-state index is 14.0. The molecule has 0 aromatic heterocycles. The lowest BCUT2D eigenvalue weighted by molar-refractivity contribution is -0.140. The number of benzene rings is 3. The number of rotatable bonds is 12. The zero-order valence-electron chi connectivity index (χ0n) is 23.1. The van der Waals surface area contributed by atoms with Crippen LogP contribution in [0.15, 0.2) is 77.3 Å². The molecule has 0 fully saturated rings. The van der Waals surface area contributed by atoms with Gasteiger partial charge in [-0.1, -0.05) is 72.2 Å². The molecule has 0 heterocycles. The summed E-state index contributed by atoms with van der Waals surface area (Å²) in [4.78, 5) is 29.0. The number of nitrogens with one attached hydrogen (secondary N) is 1. The van der Waals surface area contributed by atoms with E-state index >= 15 is 0 Å². The molecule has 2 amide bonds. The van der Waals surface area contributed by atoms with E-state index in [1.54, 1.807) is 30.3 Å². The first-order chi connectivity index (χ1) is 18.8.